The van der Waals surface area contributed by atoms with Crippen molar-refractivity contribution in [1.82, 2.24) is 19.5 Å². The smallest absolute Gasteiger partial charge is 0.238 e. The molecule has 0 amide bonds. The van der Waals surface area contributed by atoms with E-state index < -0.39 is 0 Å². The molecule has 0 radical (unpaired) electrons. The van der Waals surface area contributed by atoms with Crippen molar-refractivity contribution in [1.29, 1.82) is 0 Å². The molecule has 0 bridgehead atoms. The van der Waals surface area contributed by atoms with E-state index in [1.807, 2.05) is 55.5 Å². The lowest BCUT2D eigenvalue weighted by molar-refractivity contribution is 0.449. The summed E-state index contributed by atoms with van der Waals surface area (Å²) >= 11 is 0. The van der Waals surface area contributed by atoms with Crippen molar-refractivity contribution in [3.8, 4) is 84.8 Å². The SMILES string of the molecule is C=C/C=C\C(=C/C)c1nc(-c2ccccc2)nc(-n2c3ccccc3c3cc4c5c(c32)Oc2cc(-c3cccc6c3-c3ccccc3C6(C)C)ccc2N5c2ccc(-c3cccc5c3-c3ccccc3C5(C)C)cc2O4)n1. The van der Waals surface area contributed by atoms with Gasteiger partial charge >= 0.3 is 0 Å². The number of anilines is 3. The molecule has 7 heteroatoms. The number of aromatic nitrogens is 4. The lowest BCUT2D eigenvalue weighted by atomic mass is 9.82. The number of ether oxygens (including phenoxy) is 2. The van der Waals surface area contributed by atoms with E-state index in [1.165, 1.54) is 50.1 Å². The Morgan fingerprint density at radius 3 is 1.73 bits per heavy atom. The van der Waals surface area contributed by atoms with Crippen molar-refractivity contribution in [2.75, 3.05) is 4.90 Å². The van der Waals surface area contributed by atoms with Crippen molar-refractivity contribution in [2.45, 2.75) is 45.4 Å². The van der Waals surface area contributed by atoms with Crippen LogP contribution in [-0.4, -0.2) is 19.5 Å². The second-order valence-corrected chi connectivity index (χ2v) is 21.5. The van der Waals surface area contributed by atoms with E-state index in [2.05, 4.69) is 195 Å². The van der Waals surface area contributed by atoms with E-state index in [9.17, 15) is 0 Å². The number of nitrogens with zero attached hydrogens (tertiary/aromatic N) is 5. The van der Waals surface area contributed by atoms with E-state index in [0.29, 0.717) is 29.1 Å². The fraction of sp³-hybridized carbons (Fsp3) is 0.100. The third kappa shape index (κ3) is 6.40. The molecule has 2 aliphatic carbocycles. The van der Waals surface area contributed by atoms with Crippen LogP contribution >= 0.6 is 0 Å². The van der Waals surface area contributed by atoms with Crippen LogP contribution in [0.15, 0.2) is 213 Å². The largest absolute Gasteiger partial charge is 0.453 e. The van der Waals surface area contributed by atoms with Crippen molar-refractivity contribution in [2.24, 2.45) is 0 Å². The Hall–Kier alpha value is -9.59. The van der Waals surface area contributed by atoms with Gasteiger partial charge in [0, 0.05) is 32.7 Å². The monoisotopic (exact) mass is 993 g/mol. The normalized spacial score (nSPS) is 14.8. The second kappa shape index (κ2) is 16.5. The number of benzene rings is 9. The maximum Gasteiger partial charge on any atom is 0.238 e. The van der Waals surface area contributed by atoms with Crippen LogP contribution in [0.3, 0.4) is 0 Å². The van der Waals surface area contributed by atoms with Gasteiger partial charge in [0.1, 0.15) is 11.2 Å². The van der Waals surface area contributed by atoms with Crippen LogP contribution in [0.4, 0.5) is 17.1 Å². The summed E-state index contributed by atoms with van der Waals surface area (Å²) in [5, 5.41) is 1.94. The zero-order chi connectivity index (χ0) is 51.9. The molecule has 9 aromatic carbocycles. The highest BCUT2D eigenvalue weighted by Crippen LogP contribution is 2.64. The van der Waals surface area contributed by atoms with Crippen LogP contribution in [0, 0.1) is 0 Å². The van der Waals surface area contributed by atoms with Gasteiger partial charge in [0.2, 0.25) is 5.95 Å². The number of rotatable bonds is 7. The van der Waals surface area contributed by atoms with Crippen molar-refractivity contribution >= 4 is 44.4 Å². The molecule has 0 N–H and O–H groups in total. The Morgan fingerprint density at radius 2 is 1.09 bits per heavy atom. The van der Waals surface area contributed by atoms with Gasteiger partial charge < -0.3 is 9.47 Å². The Bertz CT molecular complexity index is 4430. The van der Waals surface area contributed by atoms with Gasteiger partial charge in [-0.1, -0.05) is 204 Å². The molecule has 77 heavy (non-hydrogen) atoms. The maximum absolute atomic E-state index is 7.55. The predicted molar refractivity (Wildman–Crippen MR) is 313 cm³/mol. The predicted octanol–water partition coefficient (Wildman–Crippen LogP) is 18.4. The first kappa shape index (κ1) is 44.9. The van der Waals surface area contributed by atoms with Crippen LogP contribution in [0.2, 0.25) is 0 Å². The molecule has 0 fully saturated rings. The molecule has 0 atom stereocenters. The summed E-state index contributed by atoms with van der Waals surface area (Å²) in [6.45, 7) is 15.3. The minimum absolute atomic E-state index is 0.133. The van der Waals surface area contributed by atoms with Gasteiger partial charge in [-0.2, -0.15) is 9.97 Å². The molecule has 0 unspecified atom stereocenters. The van der Waals surface area contributed by atoms with Crippen LogP contribution in [0.5, 0.6) is 23.0 Å². The number of fused-ring (bicyclic) bond motifs is 14. The molecule has 7 nitrogen and oxygen atoms in total. The summed E-state index contributed by atoms with van der Waals surface area (Å²) in [7, 11) is 0. The first-order chi connectivity index (χ1) is 37.6. The molecular weight excluding hydrogens is 943 g/mol. The third-order valence-electron chi connectivity index (χ3n) is 16.6. The minimum atomic E-state index is -0.151. The number of hydrogen-bond donors (Lipinski definition) is 0. The first-order valence-electron chi connectivity index (χ1n) is 26.4. The molecule has 15 rings (SSSR count). The van der Waals surface area contributed by atoms with Gasteiger partial charge in [-0.3, -0.25) is 9.47 Å². The van der Waals surface area contributed by atoms with E-state index >= 15 is 0 Å². The summed E-state index contributed by atoms with van der Waals surface area (Å²) in [6, 6.07) is 65.2. The topological polar surface area (TPSA) is 65.3 Å². The molecule has 4 heterocycles. The van der Waals surface area contributed by atoms with Crippen molar-refractivity contribution in [3.63, 3.8) is 0 Å². The molecule has 2 aromatic heterocycles. The molecule has 0 saturated heterocycles. The Kier molecular flexibility index (Phi) is 9.59. The molecule has 0 spiro atoms. The van der Waals surface area contributed by atoms with Crippen LogP contribution in [0.25, 0.3) is 89.2 Å². The zero-order valence-corrected chi connectivity index (χ0v) is 43.4. The quantitative estimate of drug-likeness (QED) is 0.148. The molecule has 4 aliphatic rings. The highest BCUT2D eigenvalue weighted by atomic mass is 16.5. The van der Waals surface area contributed by atoms with Gasteiger partial charge in [0.15, 0.2) is 34.6 Å². The number of para-hydroxylation sites is 1. The standard InChI is InChI=1S/C70H51N5O2/c1-7-9-21-41(8-2)66-71-67(42-22-11-10-12-23-42)73-68(72-66)75-55-33-18-15-24-47(55)50-40-60-64-65(63(50)75)77-59-39-44(46-28-20-32-54-62(46)49-26-14-17-30-52(49)70(54,5)6)35-37-57(59)74(64)56-36-34-43(38-58(56)76-60)45-27-19-31-53-61(45)48-25-13-16-29-51(48)69(53,3)4/h7-40H,1H2,2-6H3/b21-9-,41-8+. The average molecular weight is 994 g/mol. The van der Waals surface area contributed by atoms with E-state index in [4.69, 9.17) is 24.4 Å². The molecule has 368 valence electrons. The first-order valence-corrected chi connectivity index (χ1v) is 26.4. The van der Waals surface area contributed by atoms with E-state index in [-0.39, 0.29) is 10.8 Å². The van der Waals surface area contributed by atoms with Gasteiger partial charge in [-0.25, -0.2) is 4.98 Å². The van der Waals surface area contributed by atoms with Gasteiger partial charge in [-0.05, 0) is 110 Å². The second-order valence-electron chi connectivity index (χ2n) is 21.5. The summed E-state index contributed by atoms with van der Waals surface area (Å²) in [6.07, 6.45) is 7.66. The molecule has 11 aromatic rings. The van der Waals surface area contributed by atoms with E-state index in [1.54, 1.807) is 6.08 Å². The van der Waals surface area contributed by atoms with Crippen LogP contribution in [-0.2, 0) is 10.8 Å². The van der Waals surface area contributed by atoms with Crippen molar-refractivity contribution < 1.29 is 9.47 Å². The summed E-state index contributed by atoms with van der Waals surface area (Å²) in [5.74, 6) is 4.34. The average Bonchev–Trinajstić information content (AvgIpc) is 4.07. The zero-order valence-electron chi connectivity index (χ0n) is 43.4. The maximum atomic E-state index is 7.55. The number of allylic oxidation sites excluding steroid dienone is 5. The Morgan fingerprint density at radius 1 is 0.519 bits per heavy atom. The highest BCUT2D eigenvalue weighted by molar-refractivity contribution is 6.16. The van der Waals surface area contributed by atoms with Crippen molar-refractivity contribution in [3.05, 3.63) is 241 Å². The molecule has 2 aliphatic heterocycles. The summed E-state index contributed by atoms with van der Waals surface area (Å²) in [4.78, 5) is 18.1. The molecule has 0 saturated carbocycles. The lowest BCUT2D eigenvalue weighted by Crippen LogP contribution is -2.21. The van der Waals surface area contributed by atoms with Crippen LogP contribution in [0.1, 0.15) is 62.7 Å². The van der Waals surface area contributed by atoms with E-state index in [0.717, 1.165) is 78.2 Å². The number of hydrogen-bond acceptors (Lipinski definition) is 6. The van der Waals surface area contributed by atoms with Gasteiger partial charge in [-0.15, -0.1) is 0 Å². The van der Waals surface area contributed by atoms with Crippen LogP contribution < -0.4 is 14.4 Å². The Labute approximate surface area is 447 Å². The van der Waals surface area contributed by atoms with Gasteiger partial charge in [0.25, 0.3) is 0 Å². The Balaban J connectivity index is 0.988. The summed E-state index contributed by atoms with van der Waals surface area (Å²) < 4.78 is 17.0. The third-order valence-corrected chi connectivity index (χ3v) is 16.6. The lowest BCUT2D eigenvalue weighted by Gasteiger charge is -2.38. The molecular formula is C70H51N5O2. The highest BCUT2D eigenvalue weighted by Gasteiger charge is 2.41. The minimum Gasteiger partial charge on any atom is -0.453 e. The fourth-order valence-electron chi connectivity index (χ4n) is 12.9. The fourth-order valence-corrected chi connectivity index (χ4v) is 12.9. The van der Waals surface area contributed by atoms with Gasteiger partial charge in [0.05, 0.1) is 16.9 Å². The summed E-state index contributed by atoms with van der Waals surface area (Å²) in [5.41, 5.74) is 20.7.